The van der Waals surface area contributed by atoms with Crippen LogP contribution in [-0.4, -0.2) is 16.3 Å². The summed E-state index contributed by atoms with van der Waals surface area (Å²) in [7, 11) is 0. The second kappa shape index (κ2) is 5.52. The van der Waals surface area contributed by atoms with Crippen molar-refractivity contribution in [2.45, 2.75) is 34.2 Å². The van der Waals surface area contributed by atoms with Gasteiger partial charge in [0.25, 0.3) is 0 Å². The van der Waals surface area contributed by atoms with Gasteiger partial charge in [-0.1, -0.05) is 12.1 Å². The summed E-state index contributed by atoms with van der Waals surface area (Å²) in [5.74, 6) is 0. The van der Waals surface area contributed by atoms with E-state index in [1.165, 1.54) is 27.8 Å². The van der Waals surface area contributed by atoms with E-state index in [1.54, 1.807) is 0 Å². The van der Waals surface area contributed by atoms with Crippen molar-refractivity contribution in [3.05, 3.63) is 65.6 Å². The van der Waals surface area contributed by atoms with Crippen LogP contribution in [0.25, 0.3) is 0 Å². The fourth-order valence-corrected chi connectivity index (χ4v) is 2.43. The Morgan fingerprint density at radius 3 is 2.21 bits per heavy atom. The Hall–Kier alpha value is -1.70. The van der Waals surface area contributed by atoms with E-state index in [0.717, 1.165) is 13.1 Å². The highest BCUT2D eigenvalue weighted by molar-refractivity contribution is 5.44. The van der Waals surface area contributed by atoms with Gasteiger partial charge < -0.3 is 9.80 Å². The minimum atomic E-state index is 0.803. The van der Waals surface area contributed by atoms with E-state index in [2.05, 4.69) is 58.1 Å². The Labute approximate surface area is 117 Å². The molecule has 1 aliphatic rings. The monoisotopic (exact) mass is 254 g/mol. The van der Waals surface area contributed by atoms with Gasteiger partial charge in [-0.05, 0) is 55.5 Å². The Bertz CT molecular complexity index is 488. The Balaban J connectivity index is 2.17. The molecular weight excluding hydrogens is 232 g/mol. The number of hydrogen-bond acceptors (Lipinski definition) is 2. The van der Waals surface area contributed by atoms with Crippen molar-refractivity contribution >= 4 is 0 Å². The largest absolute Gasteiger partial charge is 0.343 e. The first-order chi connectivity index (χ1) is 9.02. The van der Waals surface area contributed by atoms with Crippen LogP contribution < -0.4 is 0 Å². The van der Waals surface area contributed by atoms with Crippen molar-refractivity contribution in [2.75, 3.05) is 6.54 Å². The van der Waals surface area contributed by atoms with Crippen LogP contribution in [-0.2, 0) is 6.54 Å². The summed E-state index contributed by atoms with van der Waals surface area (Å²) < 4.78 is 0. The van der Waals surface area contributed by atoms with Crippen LogP contribution in [0, 0.1) is 34.4 Å². The lowest BCUT2D eigenvalue weighted by Gasteiger charge is -2.22. The number of hydrogen-bond donors (Lipinski definition) is 0. The first-order valence-corrected chi connectivity index (χ1v) is 6.68. The molecule has 0 aromatic heterocycles. The lowest BCUT2D eigenvalue weighted by atomic mass is 9.94. The molecule has 0 fully saturated rings. The van der Waals surface area contributed by atoms with E-state index in [4.69, 9.17) is 0 Å². The van der Waals surface area contributed by atoms with E-state index < -0.39 is 0 Å². The average Bonchev–Trinajstić information content (AvgIpc) is 2.80. The van der Waals surface area contributed by atoms with Crippen molar-refractivity contribution in [3.63, 3.8) is 0 Å². The lowest BCUT2D eigenvalue weighted by Crippen LogP contribution is -2.20. The zero-order chi connectivity index (χ0) is 14.0. The van der Waals surface area contributed by atoms with Crippen molar-refractivity contribution in [1.29, 1.82) is 0 Å². The molecule has 2 radical (unpaired) electrons. The van der Waals surface area contributed by atoms with Gasteiger partial charge in [-0.25, -0.2) is 0 Å². The van der Waals surface area contributed by atoms with Crippen LogP contribution in [0.15, 0.2) is 31.1 Å². The molecule has 2 rings (SSSR count). The van der Waals surface area contributed by atoms with Gasteiger partial charge >= 0.3 is 0 Å². The predicted octanol–water partition coefficient (Wildman–Crippen LogP) is 3.69. The quantitative estimate of drug-likeness (QED) is 0.756. The van der Waals surface area contributed by atoms with Gasteiger partial charge in [0.1, 0.15) is 0 Å². The minimum Gasteiger partial charge on any atom is -0.343 e. The summed E-state index contributed by atoms with van der Waals surface area (Å²) in [6, 6.07) is 2.27. The van der Waals surface area contributed by atoms with E-state index in [1.807, 2.05) is 17.2 Å². The zero-order valence-electron chi connectivity index (χ0n) is 12.3. The molecule has 100 valence electrons. The summed E-state index contributed by atoms with van der Waals surface area (Å²) in [6.45, 7) is 17.5. The highest BCUT2D eigenvalue weighted by Crippen LogP contribution is 2.25. The topological polar surface area (TPSA) is 6.48 Å². The van der Waals surface area contributed by atoms with Gasteiger partial charge in [0.15, 0.2) is 0 Å². The Morgan fingerprint density at radius 2 is 1.63 bits per heavy atom. The fraction of sp³-hybridized carbons (Fsp3) is 0.353. The first-order valence-electron chi connectivity index (χ1n) is 6.68. The highest BCUT2D eigenvalue weighted by Gasteiger charge is 2.16. The van der Waals surface area contributed by atoms with Crippen molar-refractivity contribution in [1.82, 2.24) is 9.80 Å². The van der Waals surface area contributed by atoms with E-state index in [9.17, 15) is 0 Å². The number of rotatable bonds is 4. The number of nitrogens with zero attached hydrogens (tertiary/aromatic N) is 2. The van der Waals surface area contributed by atoms with Gasteiger partial charge in [0.2, 0.25) is 6.67 Å². The molecule has 1 heterocycles. The Morgan fingerprint density at radius 1 is 1.05 bits per heavy atom. The predicted molar refractivity (Wildman–Crippen MR) is 80.2 cm³/mol. The van der Waals surface area contributed by atoms with Crippen LogP contribution in [0.5, 0.6) is 0 Å². The molecule has 0 spiro atoms. The molecule has 0 amide bonds. The molecule has 0 unspecified atom stereocenters. The smallest absolute Gasteiger partial charge is 0.208 e. The molecule has 1 aromatic carbocycles. The van der Waals surface area contributed by atoms with Crippen LogP contribution in [0.1, 0.15) is 27.8 Å². The fourth-order valence-electron chi connectivity index (χ4n) is 2.43. The molecule has 0 N–H and O–H groups in total. The van der Waals surface area contributed by atoms with Crippen LogP contribution in [0.4, 0.5) is 0 Å². The van der Waals surface area contributed by atoms with Gasteiger partial charge in [-0.15, -0.1) is 6.58 Å². The molecule has 0 saturated heterocycles. The number of aryl methyl sites for hydroxylation is 2. The summed E-state index contributed by atoms with van der Waals surface area (Å²) in [5.41, 5.74) is 6.92. The first kappa shape index (κ1) is 13.7. The molecule has 0 atom stereocenters. The summed E-state index contributed by atoms with van der Waals surface area (Å²) in [4.78, 5) is 4.12. The van der Waals surface area contributed by atoms with Crippen molar-refractivity contribution in [2.24, 2.45) is 0 Å². The SMILES string of the molecule is C=CCN1[C]N(Cc2c(C)c(C)cc(C)c2C)C=C1. The third-order valence-corrected chi connectivity index (χ3v) is 3.86. The lowest BCUT2D eigenvalue weighted by molar-refractivity contribution is 0.356. The number of benzene rings is 1. The average molecular weight is 254 g/mol. The van der Waals surface area contributed by atoms with Gasteiger partial charge in [0.05, 0.1) is 0 Å². The molecule has 0 saturated carbocycles. The second-order valence-electron chi connectivity index (χ2n) is 5.21. The maximum Gasteiger partial charge on any atom is 0.208 e. The zero-order valence-corrected chi connectivity index (χ0v) is 12.3. The molecule has 19 heavy (non-hydrogen) atoms. The van der Waals surface area contributed by atoms with E-state index in [-0.39, 0.29) is 0 Å². The minimum absolute atomic E-state index is 0.803. The molecule has 0 bridgehead atoms. The second-order valence-corrected chi connectivity index (χ2v) is 5.21. The maximum atomic E-state index is 3.75. The summed E-state index contributed by atoms with van der Waals surface area (Å²) in [6.07, 6.45) is 5.99. The summed E-state index contributed by atoms with van der Waals surface area (Å²) in [5, 5.41) is 0. The standard InChI is InChI=1S/C17H22N2/c1-6-7-18-8-9-19(12-18)11-17-15(4)13(2)10-14(3)16(17)5/h6,8-10H,1,7,11H2,2-5H3. The maximum absolute atomic E-state index is 3.75. The van der Waals surface area contributed by atoms with Gasteiger partial charge in [-0.2, -0.15) is 0 Å². The molecule has 2 heteroatoms. The Kier molecular flexibility index (Phi) is 3.98. The van der Waals surface area contributed by atoms with Crippen LogP contribution in [0.2, 0.25) is 0 Å². The summed E-state index contributed by atoms with van der Waals surface area (Å²) >= 11 is 0. The van der Waals surface area contributed by atoms with Gasteiger partial charge in [-0.3, -0.25) is 0 Å². The highest BCUT2D eigenvalue weighted by atomic mass is 15.3. The van der Waals surface area contributed by atoms with E-state index >= 15 is 0 Å². The van der Waals surface area contributed by atoms with Crippen LogP contribution >= 0.6 is 0 Å². The third kappa shape index (κ3) is 2.83. The van der Waals surface area contributed by atoms with Gasteiger partial charge in [0, 0.05) is 25.5 Å². The van der Waals surface area contributed by atoms with Crippen LogP contribution in [0.3, 0.4) is 0 Å². The molecule has 0 aliphatic carbocycles. The molecule has 1 aliphatic heterocycles. The van der Waals surface area contributed by atoms with Crippen molar-refractivity contribution < 1.29 is 0 Å². The molecule has 1 aromatic rings. The molecular formula is C17H22N2. The normalized spacial score (nSPS) is 14.3. The van der Waals surface area contributed by atoms with Crippen molar-refractivity contribution in [3.8, 4) is 0 Å². The molecule has 2 nitrogen and oxygen atoms in total. The third-order valence-electron chi connectivity index (χ3n) is 3.86. The van der Waals surface area contributed by atoms with E-state index in [0.29, 0.717) is 0 Å².